The van der Waals surface area contributed by atoms with Gasteiger partial charge < -0.3 is 9.47 Å². The first-order chi connectivity index (χ1) is 9.40. The molecule has 0 bridgehead atoms. The van der Waals surface area contributed by atoms with Crippen molar-refractivity contribution < 1.29 is 13.7 Å². The Morgan fingerprint density at radius 2 is 1.85 bits per heavy atom. The third-order valence-electron chi connectivity index (χ3n) is 3.44. The SMILES string of the molecule is CCC1(CCCCCC=NS(=O)C(C)(C)C)OCCO1. The van der Waals surface area contributed by atoms with Gasteiger partial charge in [0.05, 0.1) is 18.0 Å². The van der Waals surface area contributed by atoms with Gasteiger partial charge in [0.2, 0.25) is 0 Å². The lowest BCUT2D eigenvalue weighted by Crippen LogP contribution is -2.28. The van der Waals surface area contributed by atoms with E-state index in [0.717, 1.165) is 51.7 Å². The molecule has 1 rings (SSSR count). The highest BCUT2D eigenvalue weighted by molar-refractivity contribution is 7.85. The molecular weight excluding hydrogens is 274 g/mol. The molecule has 0 aromatic carbocycles. The maximum Gasteiger partial charge on any atom is 0.168 e. The van der Waals surface area contributed by atoms with E-state index in [2.05, 4.69) is 11.3 Å². The van der Waals surface area contributed by atoms with E-state index >= 15 is 0 Å². The van der Waals surface area contributed by atoms with Gasteiger partial charge in [-0.3, -0.25) is 0 Å². The predicted molar refractivity (Wildman–Crippen MR) is 84.4 cm³/mol. The van der Waals surface area contributed by atoms with Crippen LogP contribution in [0.2, 0.25) is 0 Å². The molecule has 1 aliphatic rings. The molecule has 1 saturated heterocycles. The van der Waals surface area contributed by atoms with Gasteiger partial charge in [0.15, 0.2) is 5.79 Å². The second-order valence-corrected chi connectivity index (χ2v) is 8.14. The number of unbranched alkanes of at least 4 members (excludes halogenated alkanes) is 3. The van der Waals surface area contributed by atoms with E-state index in [-0.39, 0.29) is 10.5 Å². The van der Waals surface area contributed by atoms with Crippen LogP contribution in [-0.4, -0.2) is 34.2 Å². The maximum absolute atomic E-state index is 11.7. The van der Waals surface area contributed by atoms with Gasteiger partial charge in [-0.1, -0.05) is 13.3 Å². The van der Waals surface area contributed by atoms with Gasteiger partial charge in [-0.25, -0.2) is 4.21 Å². The Balaban J connectivity index is 2.11. The van der Waals surface area contributed by atoms with Crippen molar-refractivity contribution in [2.24, 2.45) is 4.40 Å². The summed E-state index contributed by atoms with van der Waals surface area (Å²) in [5.41, 5.74) is 0. The Hall–Kier alpha value is -0.260. The molecule has 0 saturated carbocycles. The quantitative estimate of drug-likeness (QED) is 0.508. The highest BCUT2D eigenvalue weighted by atomic mass is 32.2. The summed E-state index contributed by atoms with van der Waals surface area (Å²) in [4.78, 5) is 0. The Morgan fingerprint density at radius 1 is 1.20 bits per heavy atom. The Bertz CT molecular complexity index is 331. The summed E-state index contributed by atoms with van der Waals surface area (Å²) < 4.78 is 26.9. The van der Waals surface area contributed by atoms with Crippen molar-refractivity contribution in [2.45, 2.75) is 76.8 Å². The molecule has 5 heteroatoms. The lowest BCUT2D eigenvalue weighted by Gasteiger charge is -2.25. The number of ether oxygens (including phenoxy) is 2. The van der Waals surface area contributed by atoms with E-state index in [1.54, 1.807) is 6.21 Å². The van der Waals surface area contributed by atoms with Crippen LogP contribution in [0.3, 0.4) is 0 Å². The van der Waals surface area contributed by atoms with E-state index in [1.165, 1.54) is 0 Å². The van der Waals surface area contributed by atoms with Crippen molar-refractivity contribution in [3.05, 3.63) is 0 Å². The summed E-state index contributed by atoms with van der Waals surface area (Å²) in [6, 6.07) is 0. The Morgan fingerprint density at radius 3 is 2.40 bits per heavy atom. The molecule has 1 unspecified atom stereocenters. The maximum atomic E-state index is 11.7. The number of rotatable bonds is 8. The topological polar surface area (TPSA) is 47.9 Å². The Kier molecular flexibility index (Phi) is 7.34. The molecule has 0 aliphatic carbocycles. The zero-order valence-electron chi connectivity index (χ0n) is 13.3. The molecule has 1 aliphatic heterocycles. The number of hydrogen-bond acceptors (Lipinski definition) is 3. The summed E-state index contributed by atoms with van der Waals surface area (Å²) in [5, 5.41) is 0. The summed E-state index contributed by atoms with van der Waals surface area (Å²) in [7, 11) is -1.13. The van der Waals surface area contributed by atoms with Crippen LogP contribution in [-0.2, 0) is 20.5 Å². The molecule has 0 N–H and O–H groups in total. The van der Waals surface area contributed by atoms with Crippen LogP contribution >= 0.6 is 0 Å². The van der Waals surface area contributed by atoms with E-state index in [4.69, 9.17) is 9.47 Å². The first kappa shape index (κ1) is 17.8. The van der Waals surface area contributed by atoms with Gasteiger partial charge in [0.1, 0.15) is 11.0 Å². The van der Waals surface area contributed by atoms with Crippen LogP contribution < -0.4 is 0 Å². The van der Waals surface area contributed by atoms with Gasteiger partial charge in [-0.2, -0.15) is 4.40 Å². The van der Waals surface area contributed by atoms with Gasteiger partial charge in [0, 0.05) is 12.6 Å². The van der Waals surface area contributed by atoms with Crippen LogP contribution in [0.15, 0.2) is 4.40 Å². The van der Waals surface area contributed by atoms with Gasteiger partial charge in [-0.15, -0.1) is 0 Å². The molecule has 20 heavy (non-hydrogen) atoms. The average Bonchev–Trinajstić information content (AvgIpc) is 2.85. The first-order valence-corrected chi connectivity index (χ1v) is 8.73. The van der Waals surface area contributed by atoms with Crippen LogP contribution in [0.25, 0.3) is 0 Å². The second kappa shape index (κ2) is 8.25. The van der Waals surface area contributed by atoms with E-state index < -0.39 is 11.0 Å². The fourth-order valence-corrected chi connectivity index (χ4v) is 2.66. The largest absolute Gasteiger partial charge is 0.348 e. The van der Waals surface area contributed by atoms with Crippen molar-refractivity contribution in [3.8, 4) is 0 Å². The van der Waals surface area contributed by atoms with Crippen molar-refractivity contribution in [2.75, 3.05) is 13.2 Å². The number of hydrogen-bond donors (Lipinski definition) is 0. The summed E-state index contributed by atoms with van der Waals surface area (Å²) in [5.74, 6) is -0.318. The molecule has 0 amide bonds. The molecule has 4 nitrogen and oxygen atoms in total. The van der Waals surface area contributed by atoms with Gasteiger partial charge >= 0.3 is 0 Å². The molecule has 0 aromatic heterocycles. The molecule has 0 radical (unpaired) electrons. The third kappa shape index (κ3) is 6.02. The highest BCUT2D eigenvalue weighted by Crippen LogP contribution is 2.29. The minimum Gasteiger partial charge on any atom is -0.348 e. The normalized spacial score (nSPS) is 20.6. The minimum atomic E-state index is -1.13. The monoisotopic (exact) mass is 303 g/mol. The van der Waals surface area contributed by atoms with Crippen LogP contribution in [0.1, 0.15) is 66.2 Å². The van der Waals surface area contributed by atoms with E-state index in [9.17, 15) is 4.21 Å². The van der Waals surface area contributed by atoms with Crippen LogP contribution in [0.5, 0.6) is 0 Å². The summed E-state index contributed by atoms with van der Waals surface area (Å²) in [6.45, 7) is 9.36. The zero-order chi connectivity index (χ0) is 15.1. The second-order valence-electron chi connectivity index (χ2n) is 6.21. The zero-order valence-corrected chi connectivity index (χ0v) is 14.1. The van der Waals surface area contributed by atoms with Crippen molar-refractivity contribution >= 4 is 17.2 Å². The van der Waals surface area contributed by atoms with Gasteiger partial charge in [0.25, 0.3) is 0 Å². The fraction of sp³-hybridized carbons (Fsp3) is 0.933. The van der Waals surface area contributed by atoms with Crippen LogP contribution in [0, 0.1) is 0 Å². The first-order valence-electron chi connectivity index (χ1n) is 7.62. The minimum absolute atomic E-state index is 0.263. The number of nitrogens with zero attached hydrogens (tertiary/aromatic N) is 1. The fourth-order valence-electron chi connectivity index (χ4n) is 2.11. The standard InChI is InChI=1S/C15H29NO3S/c1-5-15(18-12-13-19-15)10-8-6-7-9-11-16-20(17)14(2,3)4/h11H,5-10,12-13H2,1-4H3. The smallest absolute Gasteiger partial charge is 0.168 e. The third-order valence-corrected chi connectivity index (χ3v) is 4.83. The summed E-state index contributed by atoms with van der Waals surface area (Å²) >= 11 is 0. The summed E-state index contributed by atoms with van der Waals surface area (Å²) in [6.07, 6.45) is 7.88. The highest BCUT2D eigenvalue weighted by Gasteiger charge is 2.33. The molecule has 0 spiro atoms. The molecular formula is C15H29NO3S. The van der Waals surface area contributed by atoms with Crippen LogP contribution in [0.4, 0.5) is 0 Å². The molecule has 1 fully saturated rings. The lowest BCUT2D eigenvalue weighted by atomic mass is 10.0. The van der Waals surface area contributed by atoms with E-state index in [0.29, 0.717) is 0 Å². The molecule has 1 heterocycles. The van der Waals surface area contributed by atoms with Crippen molar-refractivity contribution in [1.29, 1.82) is 0 Å². The lowest BCUT2D eigenvalue weighted by molar-refractivity contribution is -0.164. The van der Waals surface area contributed by atoms with E-state index in [1.807, 2.05) is 20.8 Å². The van der Waals surface area contributed by atoms with Gasteiger partial charge in [-0.05, 0) is 46.5 Å². The average molecular weight is 303 g/mol. The Labute approximate surface area is 125 Å². The molecule has 0 aromatic rings. The molecule has 1 atom stereocenters. The predicted octanol–water partition coefficient (Wildman–Crippen LogP) is 3.62. The molecule has 118 valence electrons. The van der Waals surface area contributed by atoms with Crippen molar-refractivity contribution in [3.63, 3.8) is 0 Å². The van der Waals surface area contributed by atoms with Crippen molar-refractivity contribution in [1.82, 2.24) is 0 Å².